The molecule has 0 unspecified atom stereocenters. The summed E-state index contributed by atoms with van der Waals surface area (Å²) in [5.74, 6) is -0.657. The number of aliphatic hydroxyl groups is 1. The fourth-order valence-electron chi connectivity index (χ4n) is 5.54. The Labute approximate surface area is 273 Å². The zero-order chi connectivity index (χ0) is 33.5. The minimum Gasteiger partial charge on any atom is -0.486 e. The van der Waals surface area contributed by atoms with E-state index < -0.39 is 11.9 Å². The predicted molar refractivity (Wildman–Crippen MR) is 176 cm³/mol. The number of anilines is 1. The van der Waals surface area contributed by atoms with E-state index in [2.05, 4.69) is 10.2 Å². The van der Waals surface area contributed by atoms with E-state index in [0.29, 0.717) is 36.6 Å². The number of hydrogen-bond acceptors (Lipinski definition) is 6. The molecule has 8 nitrogen and oxygen atoms in total. The van der Waals surface area contributed by atoms with Crippen molar-refractivity contribution in [3.63, 3.8) is 0 Å². The third-order valence-electron chi connectivity index (χ3n) is 8.18. The van der Waals surface area contributed by atoms with Crippen molar-refractivity contribution in [2.24, 2.45) is 5.92 Å². The van der Waals surface area contributed by atoms with Crippen LogP contribution in [0.25, 0.3) is 0 Å². The van der Waals surface area contributed by atoms with E-state index in [4.69, 9.17) is 9.47 Å². The van der Waals surface area contributed by atoms with E-state index in [-0.39, 0.29) is 59.7 Å². The second kappa shape index (κ2) is 15.2. The molecule has 0 aliphatic carbocycles. The van der Waals surface area contributed by atoms with Crippen molar-refractivity contribution < 1.29 is 33.0 Å². The van der Waals surface area contributed by atoms with Gasteiger partial charge in [-0.25, -0.2) is 8.78 Å². The van der Waals surface area contributed by atoms with Gasteiger partial charge in [-0.3, -0.25) is 14.5 Å². The molecule has 0 bridgehead atoms. The normalized spacial score (nSPS) is 16.9. The van der Waals surface area contributed by atoms with Crippen LogP contribution in [0.4, 0.5) is 14.5 Å². The fraction of sp³-hybridized carbons (Fsp3) is 0.297. The van der Waals surface area contributed by atoms with Gasteiger partial charge < -0.3 is 24.8 Å². The minimum atomic E-state index is -0.435. The molecule has 0 spiro atoms. The lowest BCUT2D eigenvalue weighted by molar-refractivity contribution is -0.115. The van der Waals surface area contributed by atoms with Crippen LogP contribution in [0.3, 0.4) is 0 Å². The standard InChI is InChI=1S/C37H39F2N3O5/c1-24-20-42(25(2)23-43)37(45)30-7-6-9-32(40-35(44)19-26-11-15-28(38)16-12-26)36(30)47-34(24)22-41(3)21-27-13-17-29(18-14-27)46-33-10-5-4-8-31(33)39/h4-18,24-25,34,43H,19-23H2,1-3H3,(H,40,44)/t24-,25+,34-/m1/s1. The van der Waals surface area contributed by atoms with Gasteiger partial charge >= 0.3 is 0 Å². The number of amides is 2. The molecule has 47 heavy (non-hydrogen) atoms. The summed E-state index contributed by atoms with van der Waals surface area (Å²) in [4.78, 5) is 30.6. The summed E-state index contributed by atoms with van der Waals surface area (Å²) in [6.45, 7) is 5.01. The summed E-state index contributed by atoms with van der Waals surface area (Å²) in [6, 6.07) is 24.0. The molecule has 1 aliphatic rings. The highest BCUT2D eigenvalue weighted by molar-refractivity contribution is 6.02. The lowest BCUT2D eigenvalue weighted by Crippen LogP contribution is -2.49. The monoisotopic (exact) mass is 643 g/mol. The van der Waals surface area contributed by atoms with Gasteiger partial charge in [-0.05, 0) is 73.6 Å². The maximum atomic E-state index is 14.0. The number of aliphatic hydroxyl groups excluding tert-OH is 1. The van der Waals surface area contributed by atoms with E-state index in [0.717, 1.165) is 5.56 Å². The molecule has 4 aromatic carbocycles. The van der Waals surface area contributed by atoms with Crippen LogP contribution in [0.15, 0.2) is 91.0 Å². The molecule has 1 heterocycles. The molecule has 10 heteroatoms. The van der Waals surface area contributed by atoms with E-state index >= 15 is 0 Å². The third kappa shape index (κ3) is 8.52. The number of para-hydroxylation sites is 2. The van der Waals surface area contributed by atoms with Crippen molar-refractivity contribution >= 4 is 17.5 Å². The molecule has 4 aromatic rings. The molecule has 0 radical (unpaired) electrons. The summed E-state index contributed by atoms with van der Waals surface area (Å²) >= 11 is 0. The summed E-state index contributed by atoms with van der Waals surface area (Å²) in [7, 11) is 1.97. The van der Waals surface area contributed by atoms with Crippen LogP contribution in [0.2, 0.25) is 0 Å². The number of rotatable bonds is 11. The van der Waals surface area contributed by atoms with Gasteiger partial charge in [0.05, 0.1) is 30.3 Å². The Bertz CT molecular complexity index is 1680. The van der Waals surface area contributed by atoms with E-state index in [1.165, 1.54) is 18.2 Å². The zero-order valence-electron chi connectivity index (χ0n) is 26.7. The first-order valence-electron chi connectivity index (χ1n) is 15.6. The summed E-state index contributed by atoms with van der Waals surface area (Å²) in [6.07, 6.45) is -0.378. The second-order valence-corrected chi connectivity index (χ2v) is 12.0. The SMILES string of the molecule is C[C@@H]1CN([C@@H](C)CO)C(=O)c2cccc(NC(=O)Cc3ccc(F)cc3)c2O[C@@H]1CN(C)Cc1ccc(Oc2ccccc2F)cc1. The van der Waals surface area contributed by atoms with Crippen molar-refractivity contribution in [2.75, 3.05) is 32.1 Å². The van der Waals surface area contributed by atoms with Crippen LogP contribution >= 0.6 is 0 Å². The van der Waals surface area contributed by atoms with Gasteiger partial charge in [0.1, 0.15) is 17.7 Å². The van der Waals surface area contributed by atoms with E-state index in [1.54, 1.807) is 72.5 Å². The van der Waals surface area contributed by atoms with Crippen LogP contribution in [-0.4, -0.2) is 65.6 Å². The van der Waals surface area contributed by atoms with Crippen LogP contribution in [0.1, 0.15) is 35.3 Å². The Morgan fingerprint density at radius 3 is 2.43 bits per heavy atom. The molecular formula is C37H39F2N3O5. The van der Waals surface area contributed by atoms with Crippen molar-refractivity contribution in [1.82, 2.24) is 9.80 Å². The maximum absolute atomic E-state index is 14.0. The Balaban J connectivity index is 1.34. The fourth-order valence-corrected chi connectivity index (χ4v) is 5.54. The maximum Gasteiger partial charge on any atom is 0.258 e. The second-order valence-electron chi connectivity index (χ2n) is 12.0. The van der Waals surface area contributed by atoms with Gasteiger partial charge in [0.15, 0.2) is 17.3 Å². The van der Waals surface area contributed by atoms with Gasteiger partial charge in [0.2, 0.25) is 5.91 Å². The Kier molecular flexibility index (Phi) is 10.8. The molecule has 246 valence electrons. The first kappa shape index (κ1) is 33.6. The Morgan fingerprint density at radius 1 is 1.02 bits per heavy atom. The molecule has 2 amide bonds. The van der Waals surface area contributed by atoms with Crippen molar-refractivity contribution in [3.8, 4) is 17.2 Å². The van der Waals surface area contributed by atoms with Crippen LogP contribution in [0, 0.1) is 17.6 Å². The molecule has 0 saturated heterocycles. The topological polar surface area (TPSA) is 91.3 Å². The summed E-state index contributed by atoms with van der Waals surface area (Å²) in [5.41, 5.74) is 2.29. The van der Waals surface area contributed by atoms with Gasteiger partial charge in [-0.1, -0.05) is 49.4 Å². The first-order valence-corrected chi connectivity index (χ1v) is 15.6. The van der Waals surface area contributed by atoms with Crippen molar-refractivity contribution in [1.29, 1.82) is 0 Å². The predicted octanol–water partition coefficient (Wildman–Crippen LogP) is 6.29. The number of nitrogens with one attached hydrogen (secondary N) is 1. The molecule has 1 aliphatic heterocycles. The van der Waals surface area contributed by atoms with E-state index in [1.807, 2.05) is 26.1 Å². The highest BCUT2D eigenvalue weighted by atomic mass is 19.1. The molecule has 3 atom stereocenters. The Hall–Kier alpha value is -4.80. The van der Waals surface area contributed by atoms with Gasteiger partial charge in [0.25, 0.3) is 5.91 Å². The smallest absolute Gasteiger partial charge is 0.258 e. The van der Waals surface area contributed by atoms with Gasteiger partial charge in [-0.2, -0.15) is 0 Å². The third-order valence-corrected chi connectivity index (χ3v) is 8.18. The molecular weight excluding hydrogens is 604 g/mol. The average Bonchev–Trinajstić information content (AvgIpc) is 3.05. The lowest BCUT2D eigenvalue weighted by atomic mass is 9.98. The van der Waals surface area contributed by atoms with Gasteiger partial charge in [-0.15, -0.1) is 0 Å². The number of hydrogen-bond donors (Lipinski definition) is 2. The quantitative estimate of drug-likeness (QED) is 0.200. The van der Waals surface area contributed by atoms with Gasteiger partial charge in [0, 0.05) is 25.6 Å². The number of benzene rings is 4. The number of carbonyl (C=O) groups is 2. The molecule has 0 aromatic heterocycles. The summed E-state index contributed by atoms with van der Waals surface area (Å²) in [5, 5.41) is 12.9. The largest absolute Gasteiger partial charge is 0.486 e. The molecule has 0 saturated carbocycles. The molecule has 5 rings (SSSR count). The number of likely N-dealkylation sites (N-methyl/N-ethyl adjacent to an activating group) is 1. The number of halogens is 2. The average molecular weight is 644 g/mol. The first-order chi connectivity index (χ1) is 22.6. The highest BCUT2D eigenvalue weighted by Crippen LogP contribution is 2.35. The Morgan fingerprint density at radius 2 is 1.72 bits per heavy atom. The molecule has 0 fully saturated rings. The molecule has 2 N–H and O–H groups in total. The number of carbonyl (C=O) groups excluding carboxylic acids is 2. The lowest BCUT2D eigenvalue weighted by Gasteiger charge is -2.38. The summed E-state index contributed by atoms with van der Waals surface area (Å²) < 4.78 is 39.7. The van der Waals surface area contributed by atoms with Crippen LogP contribution < -0.4 is 14.8 Å². The van der Waals surface area contributed by atoms with E-state index in [9.17, 15) is 23.5 Å². The number of ether oxygens (including phenoxy) is 2. The number of fused-ring (bicyclic) bond motifs is 1. The highest BCUT2D eigenvalue weighted by Gasteiger charge is 2.34. The van der Waals surface area contributed by atoms with Crippen molar-refractivity contribution in [3.05, 3.63) is 119 Å². The zero-order valence-corrected chi connectivity index (χ0v) is 26.7. The van der Waals surface area contributed by atoms with Crippen molar-refractivity contribution in [2.45, 2.75) is 39.0 Å². The minimum absolute atomic E-state index is 0.0122. The van der Waals surface area contributed by atoms with Crippen LogP contribution in [-0.2, 0) is 17.8 Å². The number of nitrogens with zero attached hydrogens (tertiary/aromatic N) is 2. The van der Waals surface area contributed by atoms with Crippen LogP contribution in [0.5, 0.6) is 17.2 Å².